The first kappa shape index (κ1) is 21.9. The highest BCUT2D eigenvalue weighted by molar-refractivity contribution is 6.31. The molecular formula is C17H19ClFN5O6. The van der Waals surface area contributed by atoms with Crippen LogP contribution in [0.1, 0.15) is 19.5 Å². The molecule has 0 radical (unpaired) electrons. The molecule has 3 N–H and O–H groups in total. The summed E-state index contributed by atoms with van der Waals surface area (Å²) in [6, 6.07) is 3.38. The quantitative estimate of drug-likeness (QED) is 0.252. The van der Waals surface area contributed by atoms with Gasteiger partial charge in [0, 0.05) is 0 Å². The van der Waals surface area contributed by atoms with Gasteiger partial charge >= 0.3 is 0 Å². The van der Waals surface area contributed by atoms with Gasteiger partial charge in [-0.2, -0.15) is 0 Å². The van der Waals surface area contributed by atoms with Crippen LogP contribution >= 0.6 is 11.6 Å². The lowest BCUT2D eigenvalue weighted by Gasteiger charge is -2.17. The lowest BCUT2D eigenvalue weighted by Crippen LogP contribution is -2.39. The number of aromatic nitrogens is 2. The summed E-state index contributed by atoms with van der Waals surface area (Å²) in [7, 11) is 0. The van der Waals surface area contributed by atoms with Gasteiger partial charge in [-0.25, -0.2) is 14.1 Å². The van der Waals surface area contributed by atoms with Gasteiger partial charge in [0.15, 0.2) is 17.7 Å². The first-order chi connectivity index (χ1) is 14.2. The normalized spacial score (nSPS) is 17.6. The third-order valence-corrected chi connectivity index (χ3v) is 4.27. The van der Waals surface area contributed by atoms with Crippen LogP contribution in [0.3, 0.4) is 0 Å². The van der Waals surface area contributed by atoms with Crippen LogP contribution in [0.2, 0.25) is 5.02 Å². The second-order valence-corrected chi connectivity index (χ2v) is 7.04. The molecular weight excluding hydrogens is 425 g/mol. The first-order valence-electron chi connectivity index (χ1n) is 8.76. The molecule has 0 bridgehead atoms. The number of anilines is 1. The molecule has 1 aromatic carbocycles. The van der Waals surface area contributed by atoms with E-state index < -0.39 is 23.5 Å². The largest absolute Gasteiger partial charge is 0.472 e. The fourth-order valence-electron chi connectivity index (χ4n) is 2.52. The molecule has 0 saturated carbocycles. The molecule has 1 fully saturated rings. The number of nitrogens with zero attached hydrogens (tertiary/aromatic N) is 3. The summed E-state index contributed by atoms with van der Waals surface area (Å²) >= 11 is 5.69. The number of hydrogen-bond acceptors (Lipinski definition) is 9. The van der Waals surface area contributed by atoms with Crippen molar-refractivity contribution >= 4 is 29.0 Å². The zero-order valence-corrected chi connectivity index (χ0v) is 16.8. The smallest absolute Gasteiger partial charge is 0.287 e. The Kier molecular flexibility index (Phi) is 6.51. The van der Waals surface area contributed by atoms with Crippen LogP contribution in [0.5, 0.6) is 5.88 Å². The van der Waals surface area contributed by atoms with Crippen LogP contribution in [0.4, 0.5) is 10.1 Å². The van der Waals surface area contributed by atoms with Gasteiger partial charge in [-0.05, 0) is 42.4 Å². The molecule has 0 spiro atoms. The van der Waals surface area contributed by atoms with Crippen molar-refractivity contribution in [3.63, 3.8) is 0 Å². The van der Waals surface area contributed by atoms with Gasteiger partial charge in [0.1, 0.15) is 12.4 Å². The van der Waals surface area contributed by atoms with Crippen molar-refractivity contribution < 1.29 is 33.2 Å². The molecule has 1 aliphatic rings. The summed E-state index contributed by atoms with van der Waals surface area (Å²) in [5.41, 5.74) is -0.187. The van der Waals surface area contributed by atoms with Crippen molar-refractivity contribution in [1.29, 1.82) is 5.41 Å². The van der Waals surface area contributed by atoms with Crippen LogP contribution in [0, 0.1) is 11.2 Å². The van der Waals surface area contributed by atoms with E-state index in [2.05, 4.69) is 20.3 Å². The van der Waals surface area contributed by atoms with Crippen molar-refractivity contribution in [3.8, 4) is 5.88 Å². The molecule has 2 heterocycles. The van der Waals surface area contributed by atoms with Gasteiger partial charge in [0.05, 0.1) is 23.9 Å². The summed E-state index contributed by atoms with van der Waals surface area (Å²) in [5.74, 6) is -2.57. The SMILES string of the molecule is CC1(C)OCC(C(=O)NCCOc2nonc2C(=N)N(O)c2ccc(F)c(Cl)c2)O1. The summed E-state index contributed by atoms with van der Waals surface area (Å²) in [6.45, 7) is 3.65. The van der Waals surface area contributed by atoms with Crippen LogP contribution in [-0.2, 0) is 14.3 Å². The molecule has 162 valence electrons. The number of carbonyl (C=O) groups excluding carboxylic acids is 1. The molecule has 1 aliphatic heterocycles. The lowest BCUT2D eigenvalue weighted by molar-refractivity contribution is -0.153. The Balaban J connectivity index is 1.53. The topological polar surface area (TPSA) is 143 Å². The highest BCUT2D eigenvalue weighted by atomic mass is 35.5. The van der Waals surface area contributed by atoms with Crippen LogP contribution in [-0.4, -0.2) is 58.9 Å². The maximum atomic E-state index is 13.3. The minimum absolute atomic E-state index is 0.0225. The zero-order valence-electron chi connectivity index (χ0n) is 16.0. The third-order valence-electron chi connectivity index (χ3n) is 3.98. The second-order valence-electron chi connectivity index (χ2n) is 6.63. The molecule has 1 unspecified atom stereocenters. The summed E-state index contributed by atoms with van der Waals surface area (Å²) in [4.78, 5) is 12.0. The fourth-order valence-corrected chi connectivity index (χ4v) is 2.69. The number of rotatable bonds is 7. The lowest BCUT2D eigenvalue weighted by atomic mass is 10.3. The van der Waals surface area contributed by atoms with Crippen molar-refractivity contribution in [1.82, 2.24) is 15.6 Å². The predicted molar refractivity (Wildman–Crippen MR) is 100 cm³/mol. The van der Waals surface area contributed by atoms with Crippen molar-refractivity contribution in [3.05, 3.63) is 34.7 Å². The Morgan fingerprint density at radius 3 is 2.93 bits per heavy atom. The van der Waals surface area contributed by atoms with Gasteiger partial charge in [0.2, 0.25) is 5.69 Å². The Hall–Kier alpha value is -2.80. The maximum Gasteiger partial charge on any atom is 0.287 e. The molecule has 0 aliphatic carbocycles. The Bertz CT molecular complexity index is 939. The van der Waals surface area contributed by atoms with Gasteiger partial charge in [0.25, 0.3) is 11.8 Å². The Labute approximate surface area is 175 Å². The van der Waals surface area contributed by atoms with Crippen molar-refractivity contribution in [2.75, 3.05) is 24.8 Å². The molecule has 1 atom stereocenters. The molecule has 3 rings (SSSR count). The van der Waals surface area contributed by atoms with Crippen LogP contribution < -0.4 is 15.1 Å². The van der Waals surface area contributed by atoms with Gasteiger partial charge in [-0.15, -0.1) is 0 Å². The van der Waals surface area contributed by atoms with E-state index in [4.69, 9.17) is 31.2 Å². The van der Waals surface area contributed by atoms with E-state index in [0.717, 1.165) is 12.1 Å². The number of hydroxylamine groups is 1. The van der Waals surface area contributed by atoms with Crippen LogP contribution in [0.15, 0.2) is 22.8 Å². The number of nitrogens with one attached hydrogen (secondary N) is 2. The molecule has 2 aromatic rings. The third kappa shape index (κ3) is 5.02. The van der Waals surface area contributed by atoms with Gasteiger partial charge in [-0.3, -0.25) is 15.4 Å². The van der Waals surface area contributed by atoms with E-state index in [-0.39, 0.29) is 47.9 Å². The molecule has 1 aromatic heterocycles. The van der Waals surface area contributed by atoms with Crippen molar-refractivity contribution in [2.45, 2.75) is 25.7 Å². The standard InChI is InChI=1S/C17H19ClFN5O6/c1-17(2)28-8-12(29-17)15(25)21-5-6-27-16-13(22-30-23-16)14(20)24(26)9-3-4-11(19)10(18)7-9/h3-4,7,12,20,26H,5-6,8H2,1-2H3,(H,21,25). The van der Waals surface area contributed by atoms with Gasteiger partial charge in [-0.1, -0.05) is 11.6 Å². The number of amidine groups is 1. The molecule has 30 heavy (non-hydrogen) atoms. The summed E-state index contributed by atoms with van der Waals surface area (Å²) < 4.78 is 34.0. The number of halogens is 2. The maximum absolute atomic E-state index is 13.3. The number of carbonyl (C=O) groups is 1. The molecule has 1 amide bonds. The average molecular weight is 444 g/mol. The number of benzene rings is 1. The number of hydrogen-bond donors (Lipinski definition) is 3. The Morgan fingerprint density at radius 1 is 1.50 bits per heavy atom. The number of amides is 1. The molecule has 1 saturated heterocycles. The van der Waals surface area contributed by atoms with E-state index in [1.54, 1.807) is 13.8 Å². The highest BCUT2D eigenvalue weighted by Crippen LogP contribution is 2.24. The highest BCUT2D eigenvalue weighted by Gasteiger charge is 2.36. The Morgan fingerprint density at radius 2 is 2.27 bits per heavy atom. The van der Waals surface area contributed by atoms with E-state index in [0.29, 0.717) is 5.06 Å². The zero-order chi connectivity index (χ0) is 21.9. The summed E-state index contributed by atoms with van der Waals surface area (Å²) in [6.07, 6.45) is -0.720. The van der Waals surface area contributed by atoms with E-state index in [9.17, 15) is 14.4 Å². The average Bonchev–Trinajstić information content (AvgIpc) is 3.32. The predicted octanol–water partition coefficient (Wildman–Crippen LogP) is 1.73. The minimum Gasteiger partial charge on any atom is -0.472 e. The van der Waals surface area contributed by atoms with E-state index in [1.807, 2.05) is 0 Å². The monoisotopic (exact) mass is 443 g/mol. The second kappa shape index (κ2) is 8.92. The van der Waals surface area contributed by atoms with E-state index in [1.165, 1.54) is 6.07 Å². The minimum atomic E-state index is -0.814. The van der Waals surface area contributed by atoms with E-state index >= 15 is 0 Å². The summed E-state index contributed by atoms with van der Waals surface area (Å²) in [5, 5.41) is 28.1. The molecule has 13 heteroatoms. The van der Waals surface area contributed by atoms with Crippen LogP contribution in [0.25, 0.3) is 0 Å². The number of ether oxygens (including phenoxy) is 3. The fraction of sp³-hybridized carbons (Fsp3) is 0.412. The first-order valence-corrected chi connectivity index (χ1v) is 9.13. The van der Waals surface area contributed by atoms with Gasteiger partial charge < -0.3 is 19.5 Å². The van der Waals surface area contributed by atoms with Crippen molar-refractivity contribution in [2.24, 2.45) is 0 Å². The molecule has 11 nitrogen and oxygen atoms in total.